The van der Waals surface area contributed by atoms with Gasteiger partial charge in [-0.25, -0.2) is 0 Å². The molecule has 0 spiro atoms. The van der Waals surface area contributed by atoms with Gasteiger partial charge in [0, 0.05) is 5.54 Å². The van der Waals surface area contributed by atoms with E-state index >= 15 is 0 Å². The van der Waals surface area contributed by atoms with Crippen LogP contribution in [0.2, 0.25) is 0 Å². The molecular formula is C16H33NO2. The molecule has 0 amide bonds. The molecule has 0 bridgehead atoms. The second kappa shape index (κ2) is 8.23. The van der Waals surface area contributed by atoms with Crippen molar-refractivity contribution in [2.45, 2.75) is 84.0 Å². The minimum atomic E-state index is -0.215. The largest absolute Gasteiger partial charge is 0.394 e. The molecule has 1 fully saturated rings. The molecule has 3 nitrogen and oxygen atoms in total. The van der Waals surface area contributed by atoms with Gasteiger partial charge >= 0.3 is 0 Å². The third kappa shape index (κ3) is 5.80. The van der Waals surface area contributed by atoms with Crippen molar-refractivity contribution in [2.75, 3.05) is 13.2 Å². The molecule has 0 radical (unpaired) electrons. The zero-order chi connectivity index (χ0) is 14.3. The van der Waals surface area contributed by atoms with Crippen molar-refractivity contribution in [3.8, 4) is 0 Å². The Kier molecular flexibility index (Phi) is 7.33. The summed E-state index contributed by atoms with van der Waals surface area (Å²) in [6.45, 7) is 9.62. The maximum atomic E-state index is 9.53. The van der Waals surface area contributed by atoms with E-state index in [1.807, 2.05) is 0 Å². The first-order valence-electron chi connectivity index (χ1n) is 8.04. The zero-order valence-electron chi connectivity index (χ0n) is 13.2. The van der Waals surface area contributed by atoms with Gasteiger partial charge in [0.1, 0.15) is 0 Å². The Bertz CT molecular complexity index is 247. The van der Waals surface area contributed by atoms with E-state index in [0.717, 1.165) is 18.9 Å². The van der Waals surface area contributed by atoms with Gasteiger partial charge in [-0.15, -0.1) is 0 Å². The van der Waals surface area contributed by atoms with Crippen molar-refractivity contribution < 1.29 is 9.84 Å². The molecule has 0 saturated heterocycles. The summed E-state index contributed by atoms with van der Waals surface area (Å²) in [6.07, 6.45) is 7.88. The molecule has 0 aliphatic heterocycles. The molecule has 4 atom stereocenters. The average molecular weight is 271 g/mol. The molecule has 2 N–H and O–H groups in total. The van der Waals surface area contributed by atoms with Crippen LogP contribution in [0.4, 0.5) is 0 Å². The van der Waals surface area contributed by atoms with Crippen molar-refractivity contribution in [2.24, 2.45) is 5.92 Å². The van der Waals surface area contributed by atoms with Crippen molar-refractivity contribution in [3.05, 3.63) is 0 Å². The van der Waals surface area contributed by atoms with Gasteiger partial charge in [-0.3, -0.25) is 0 Å². The van der Waals surface area contributed by atoms with Crippen molar-refractivity contribution in [3.63, 3.8) is 0 Å². The zero-order valence-corrected chi connectivity index (χ0v) is 13.2. The van der Waals surface area contributed by atoms with Gasteiger partial charge in [0.05, 0.1) is 18.8 Å². The fourth-order valence-corrected chi connectivity index (χ4v) is 3.37. The highest BCUT2D eigenvalue weighted by Gasteiger charge is 2.28. The molecular weight excluding hydrogens is 238 g/mol. The van der Waals surface area contributed by atoms with Crippen molar-refractivity contribution in [1.82, 2.24) is 5.32 Å². The highest BCUT2D eigenvalue weighted by molar-refractivity contribution is 4.85. The summed E-state index contributed by atoms with van der Waals surface area (Å²) in [5, 5.41) is 12.9. The maximum Gasteiger partial charge on any atom is 0.0611 e. The first-order valence-corrected chi connectivity index (χ1v) is 8.04. The minimum absolute atomic E-state index is 0.163. The van der Waals surface area contributed by atoms with Crippen LogP contribution < -0.4 is 5.32 Å². The lowest BCUT2D eigenvalue weighted by Gasteiger charge is -2.35. The average Bonchev–Trinajstić information content (AvgIpc) is 2.39. The molecule has 4 unspecified atom stereocenters. The molecule has 1 aliphatic rings. The van der Waals surface area contributed by atoms with E-state index in [2.05, 4.69) is 33.0 Å². The standard InChI is InChI=1S/C16H33NO2/c1-5-14-8-7-9-15(10-14)19-13(3)11-16(4,12-18)17-6-2/h13-15,17-18H,5-12H2,1-4H3. The van der Waals surface area contributed by atoms with E-state index in [9.17, 15) is 5.11 Å². The second-order valence-electron chi connectivity index (χ2n) is 6.46. The van der Waals surface area contributed by atoms with Crippen LogP contribution in [-0.2, 0) is 4.74 Å². The molecule has 19 heavy (non-hydrogen) atoms. The Labute approximate surface area is 119 Å². The summed E-state index contributed by atoms with van der Waals surface area (Å²) in [5.74, 6) is 0.851. The maximum absolute atomic E-state index is 9.53. The van der Waals surface area contributed by atoms with Crippen LogP contribution in [-0.4, -0.2) is 36.0 Å². The molecule has 1 aliphatic carbocycles. The number of hydrogen-bond acceptors (Lipinski definition) is 3. The Morgan fingerprint density at radius 1 is 1.37 bits per heavy atom. The topological polar surface area (TPSA) is 41.5 Å². The predicted octanol–water partition coefficient (Wildman–Crippen LogP) is 3.11. The van der Waals surface area contributed by atoms with Crippen LogP contribution in [0, 0.1) is 5.92 Å². The number of likely N-dealkylation sites (N-methyl/N-ethyl adjacent to an activating group) is 1. The molecule has 114 valence electrons. The number of nitrogens with one attached hydrogen (secondary N) is 1. The first-order chi connectivity index (χ1) is 9.03. The minimum Gasteiger partial charge on any atom is -0.394 e. The normalized spacial score (nSPS) is 28.9. The molecule has 0 aromatic carbocycles. The summed E-state index contributed by atoms with van der Waals surface area (Å²) in [6, 6.07) is 0. The van der Waals surface area contributed by atoms with Crippen molar-refractivity contribution in [1.29, 1.82) is 0 Å². The number of hydrogen-bond donors (Lipinski definition) is 2. The van der Waals surface area contributed by atoms with Gasteiger partial charge in [-0.1, -0.05) is 33.1 Å². The Balaban J connectivity index is 2.39. The quantitative estimate of drug-likeness (QED) is 0.713. The highest BCUT2D eigenvalue weighted by atomic mass is 16.5. The summed E-state index contributed by atoms with van der Waals surface area (Å²) in [5.41, 5.74) is -0.215. The summed E-state index contributed by atoms with van der Waals surface area (Å²) < 4.78 is 6.22. The fourth-order valence-electron chi connectivity index (χ4n) is 3.37. The molecule has 1 rings (SSSR count). The second-order valence-corrected chi connectivity index (χ2v) is 6.46. The highest BCUT2D eigenvalue weighted by Crippen LogP contribution is 2.30. The van der Waals surface area contributed by atoms with Crippen LogP contribution in [0.5, 0.6) is 0 Å². The number of aliphatic hydroxyl groups is 1. The lowest BCUT2D eigenvalue weighted by atomic mass is 9.85. The van der Waals surface area contributed by atoms with Crippen LogP contribution >= 0.6 is 0 Å². The van der Waals surface area contributed by atoms with Gasteiger partial charge in [-0.05, 0) is 45.6 Å². The molecule has 1 saturated carbocycles. The smallest absolute Gasteiger partial charge is 0.0611 e. The third-order valence-electron chi connectivity index (χ3n) is 4.43. The summed E-state index contributed by atoms with van der Waals surface area (Å²) in [7, 11) is 0. The fraction of sp³-hybridized carbons (Fsp3) is 1.00. The van der Waals surface area contributed by atoms with E-state index < -0.39 is 0 Å². The van der Waals surface area contributed by atoms with Gasteiger partial charge in [-0.2, -0.15) is 0 Å². The van der Waals surface area contributed by atoms with Crippen LogP contribution in [0.3, 0.4) is 0 Å². The molecule has 3 heteroatoms. The van der Waals surface area contributed by atoms with Crippen LogP contribution in [0.1, 0.15) is 66.2 Å². The number of ether oxygens (including phenoxy) is 1. The van der Waals surface area contributed by atoms with E-state index in [0.29, 0.717) is 6.10 Å². The number of rotatable bonds is 8. The Morgan fingerprint density at radius 2 is 2.11 bits per heavy atom. The van der Waals surface area contributed by atoms with Gasteiger partial charge in [0.2, 0.25) is 0 Å². The molecule has 0 aromatic rings. The van der Waals surface area contributed by atoms with Crippen LogP contribution in [0.25, 0.3) is 0 Å². The molecule has 0 heterocycles. The molecule has 0 aromatic heterocycles. The summed E-state index contributed by atoms with van der Waals surface area (Å²) in [4.78, 5) is 0. The van der Waals surface area contributed by atoms with Gasteiger partial charge in [0.15, 0.2) is 0 Å². The van der Waals surface area contributed by atoms with E-state index in [1.165, 1.54) is 32.1 Å². The van der Waals surface area contributed by atoms with Crippen molar-refractivity contribution >= 4 is 0 Å². The van der Waals surface area contributed by atoms with Gasteiger partial charge in [0.25, 0.3) is 0 Å². The van der Waals surface area contributed by atoms with E-state index in [-0.39, 0.29) is 18.2 Å². The summed E-state index contributed by atoms with van der Waals surface area (Å²) >= 11 is 0. The SMILES string of the molecule is CCNC(C)(CO)CC(C)OC1CCCC(CC)C1. The first kappa shape index (κ1) is 16.9. The lowest BCUT2D eigenvalue weighted by Crippen LogP contribution is -2.48. The monoisotopic (exact) mass is 271 g/mol. The van der Waals surface area contributed by atoms with Crippen LogP contribution in [0.15, 0.2) is 0 Å². The van der Waals surface area contributed by atoms with Gasteiger partial charge < -0.3 is 15.2 Å². The Morgan fingerprint density at radius 3 is 2.68 bits per heavy atom. The van der Waals surface area contributed by atoms with E-state index in [1.54, 1.807) is 0 Å². The predicted molar refractivity (Wildman–Crippen MR) is 80.4 cm³/mol. The third-order valence-corrected chi connectivity index (χ3v) is 4.43. The number of aliphatic hydroxyl groups excluding tert-OH is 1. The lowest BCUT2D eigenvalue weighted by molar-refractivity contribution is -0.0488. The van der Waals surface area contributed by atoms with E-state index in [4.69, 9.17) is 4.74 Å². The Hall–Kier alpha value is -0.120.